The first-order valence-corrected chi connectivity index (χ1v) is 7.76. The number of hydrazine groups is 1. The molecule has 3 atom stereocenters. The third-order valence-electron chi connectivity index (χ3n) is 4.50. The molecule has 0 bridgehead atoms. The van der Waals surface area contributed by atoms with Crippen LogP contribution in [-0.2, 0) is 15.8 Å². The lowest BCUT2D eigenvalue weighted by atomic mass is 9.73. The Morgan fingerprint density at radius 3 is 2.19 bits per heavy atom. The van der Waals surface area contributed by atoms with Gasteiger partial charge in [0, 0.05) is 26.2 Å². The Hall–Kier alpha value is -2.55. The van der Waals surface area contributed by atoms with E-state index in [2.05, 4.69) is 0 Å². The molecule has 9 heteroatoms. The first kappa shape index (κ1) is 19.8. The molecule has 1 aromatic carbocycles. The zero-order valence-electron chi connectivity index (χ0n) is 14.4. The zero-order valence-corrected chi connectivity index (χ0v) is 14.4. The van der Waals surface area contributed by atoms with Crippen molar-refractivity contribution in [3.05, 3.63) is 47.2 Å². The summed E-state index contributed by atoms with van der Waals surface area (Å²) in [5, 5.41) is 22.1. The van der Waals surface area contributed by atoms with E-state index in [1.807, 2.05) is 0 Å². The van der Waals surface area contributed by atoms with Crippen LogP contribution in [0, 0.1) is 5.92 Å². The van der Waals surface area contributed by atoms with Crippen molar-refractivity contribution < 1.29 is 33.0 Å². The SMILES string of the molecule is CC1C(C(=O)O)C(c2ccccc2C(F)(F)F)C(C(=O)O)=CN1N(C)C. The van der Waals surface area contributed by atoms with E-state index in [1.165, 1.54) is 35.3 Å². The largest absolute Gasteiger partial charge is 0.481 e. The molecule has 3 unspecified atom stereocenters. The van der Waals surface area contributed by atoms with E-state index < -0.39 is 47.1 Å². The molecule has 0 saturated heterocycles. The van der Waals surface area contributed by atoms with E-state index in [-0.39, 0.29) is 5.56 Å². The second-order valence-electron chi connectivity index (χ2n) is 6.28. The fourth-order valence-corrected chi connectivity index (χ4v) is 3.38. The van der Waals surface area contributed by atoms with E-state index in [0.29, 0.717) is 0 Å². The third-order valence-corrected chi connectivity index (χ3v) is 4.50. The van der Waals surface area contributed by atoms with Crippen molar-refractivity contribution in [1.29, 1.82) is 0 Å². The summed E-state index contributed by atoms with van der Waals surface area (Å²) in [5.74, 6) is -5.64. The Balaban J connectivity index is 2.76. The molecule has 142 valence electrons. The summed E-state index contributed by atoms with van der Waals surface area (Å²) in [4.78, 5) is 23.7. The first-order valence-electron chi connectivity index (χ1n) is 7.76. The van der Waals surface area contributed by atoms with Crippen LogP contribution >= 0.6 is 0 Å². The highest BCUT2D eigenvalue weighted by Gasteiger charge is 2.47. The molecule has 1 aliphatic rings. The van der Waals surface area contributed by atoms with Gasteiger partial charge in [-0.3, -0.25) is 4.79 Å². The third kappa shape index (κ3) is 3.52. The molecule has 1 aromatic rings. The van der Waals surface area contributed by atoms with Gasteiger partial charge in [0.2, 0.25) is 0 Å². The molecule has 0 aromatic heterocycles. The maximum absolute atomic E-state index is 13.4. The van der Waals surface area contributed by atoms with Gasteiger partial charge in [-0.15, -0.1) is 0 Å². The van der Waals surface area contributed by atoms with Crippen molar-refractivity contribution in [1.82, 2.24) is 10.0 Å². The Morgan fingerprint density at radius 2 is 1.73 bits per heavy atom. The molecule has 6 nitrogen and oxygen atoms in total. The second-order valence-corrected chi connectivity index (χ2v) is 6.28. The molecule has 0 aliphatic carbocycles. The summed E-state index contributed by atoms with van der Waals surface area (Å²) in [5.41, 5.74) is -1.79. The van der Waals surface area contributed by atoms with Gasteiger partial charge >= 0.3 is 18.1 Å². The average molecular weight is 372 g/mol. The molecule has 0 fully saturated rings. The number of carboxylic acids is 2. The summed E-state index contributed by atoms with van der Waals surface area (Å²) >= 11 is 0. The van der Waals surface area contributed by atoms with Crippen LogP contribution < -0.4 is 0 Å². The molecular weight excluding hydrogens is 353 g/mol. The number of rotatable bonds is 4. The van der Waals surface area contributed by atoms with Gasteiger partial charge < -0.3 is 15.2 Å². The number of benzene rings is 1. The van der Waals surface area contributed by atoms with Crippen LogP contribution in [-0.4, -0.2) is 52.3 Å². The van der Waals surface area contributed by atoms with Crippen LogP contribution in [0.1, 0.15) is 24.0 Å². The summed E-state index contributed by atoms with van der Waals surface area (Å²) in [6.45, 7) is 1.54. The summed E-state index contributed by atoms with van der Waals surface area (Å²) in [6.07, 6.45) is -3.53. The Kier molecular flexibility index (Phi) is 5.31. The van der Waals surface area contributed by atoms with Crippen molar-refractivity contribution in [2.45, 2.75) is 25.1 Å². The molecule has 1 aliphatic heterocycles. The summed E-state index contributed by atoms with van der Waals surface area (Å²) in [7, 11) is 3.19. The lowest BCUT2D eigenvalue weighted by molar-refractivity contribution is -0.149. The van der Waals surface area contributed by atoms with Gasteiger partial charge in [0.05, 0.1) is 23.1 Å². The maximum atomic E-state index is 13.4. The molecular formula is C17H19F3N2O4. The van der Waals surface area contributed by atoms with Crippen LogP contribution in [0.2, 0.25) is 0 Å². The Morgan fingerprint density at radius 1 is 1.15 bits per heavy atom. The number of alkyl halides is 3. The molecule has 2 rings (SSSR count). The summed E-state index contributed by atoms with van der Waals surface area (Å²) < 4.78 is 40.3. The highest BCUT2D eigenvalue weighted by Crippen LogP contribution is 2.45. The van der Waals surface area contributed by atoms with Gasteiger partial charge in [-0.25, -0.2) is 9.80 Å². The van der Waals surface area contributed by atoms with E-state index >= 15 is 0 Å². The van der Waals surface area contributed by atoms with Gasteiger partial charge in [0.15, 0.2) is 0 Å². The lowest BCUT2D eigenvalue weighted by Gasteiger charge is -2.44. The van der Waals surface area contributed by atoms with Crippen LogP contribution in [0.25, 0.3) is 0 Å². The quantitative estimate of drug-likeness (QED) is 0.846. The highest BCUT2D eigenvalue weighted by atomic mass is 19.4. The average Bonchev–Trinajstić information content (AvgIpc) is 2.52. The smallest absolute Gasteiger partial charge is 0.416 e. The fourth-order valence-electron chi connectivity index (χ4n) is 3.38. The van der Waals surface area contributed by atoms with Gasteiger partial charge in [0.25, 0.3) is 0 Å². The zero-order chi connectivity index (χ0) is 19.8. The van der Waals surface area contributed by atoms with E-state index in [9.17, 15) is 33.0 Å². The number of hydrogen-bond acceptors (Lipinski definition) is 4. The highest BCUT2D eigenvalue weighted by molar-refractivity contribution is 5.91. The van der Waals surface area contributed by atoms with Gasteiger partial charge in [0.1, 0.15) is 0 Å². The Labute approximate surface area is 148 Å². The van der Waals surface area contributed by atoms with Gasteiger partial charge in [-0.05, 0) is 18.6 Å². The van der Waals surface area contributed by atoms with Crippen molar-refractivity contribution in [3.8, 4) is 0 Å². The van der Waals surface area contributed by atoms with E-state index in [1.54, 1.807) is 14.1 Å². The molecule has 0 radical (unpaired) electrons. The van der Waals surface area contributed by atoms with Crippen molar-refractivity contribution in [2.24, 2.45) is 5.92 Å². The number of halogens is 3. The van der Waals surface area contributed by atoms with Crippen LogP contribution in [0.4, 0.5) is 13.2 Å². The number of hydrogen-bond donors (Lipinski definition) is 2. The number of nitrogens with zero attached hydrogens (tertiary/aromatic N) is 2. The monoisotopic (exact) mass is 372 g/mol. The lowest BCUT2D eigenvalue weighted by Crippen LogP contribution is -2.51. The van der Waals surface area contributed by atoms with Crippen molar-refractivity contribution in [2.75, 3.05) is 14.1 Å². The molecule has 0 amide bonds. The topological polar surface area (TPSA) is 81.1 Å². The molecule has 0 spiro atoms. The number of carboxylic acid groups (broad SMARTS) is 2. The summed E-state index contributed by atoms with van der Waals surface area (Å²) in [6, 6.07) is 3.74. The Bertz CT molecular complexity index is 746. The molecule has 1 heterocycles. The minimum absolute atomic E-state index is 0.355. The second kappa shape index (κ2) is 6.99. The minimum Gasteiger partial charge on any atom is -0.481 e. The van der Waals surface area contributed by atoms with Crippen LogP contribution in [0.15, 0.2) is 36.0 Å². The molecule has 26 heavy (non-hydrogen) atoms. The van der Waals surface area contributed by atoms with Crippen molar-refractivity contribution in [3.63, 3.8) is 0 Å². The number of aliphatic carboxylic acids is 2. The fraction of sp³-hybridized carbons (Fsp3) is 0.412. The van der Waals surface area contributed by atoms with E-state index in [0.717, 1.165) is 12.1 Å². The van der Waals surface area contributed by atoms with E-state index in [4.69, 9.17) is 0 Å². The number of carbonyl (C=O) groups is 2. The van der Waals surface area contributed by atoms with Crippen LogP contribution in [0.5, 0.6) is 0 Å². The van der Waals surface area contributed by atoms with Gasteiger partial charge in [-0.2, -0.15) is 13.2 Å². The minimum atomic E-state index is -4.73. The van der Waals surface area contributed by atoms with Crippen LogP contribution in [0.3, 0.4) is 0 Å². The standard InChI is InChI=1S/C17H19F3N2O4/c1-9-13(16(25)26)14(11(15(23)24)8-22(9)21(2)3)10-6-4-5-7-12(10)17(18,19)20/h4-9,13-14H,1-3H3,(H,23,24)(H,25,26). The molecule has 0 saturated carbocycles. The predicted molar refractivity (Wildman–Crippen MR) is 86.0 cm³/mol. The first-order chi connectivity index (χ1) is 12.0. The predicted octanol–water partition coefficient (Wildman–Crippen LogP) is 2.64. The molecule has 2 N–H and O–H groups in total. The maximum Gasteiger partial charge on any atom is 0.416 e. The van der Waals surface area contributed by atoms with Crippen molar-refractivity contribution >= 4 is 11.9 Å². The normalized spacial score (nSPS) is 23.7. The van der Waals surface area contributed by atoms with Gasteiger partial charge in [-0.1, -0.05) is 18.2 Å².